The number of carbonyl (C=O) groups excluding carboxylic acids is 1. The molecule has 1 saturated heterocycles. The number of rotatable bonds is 5. The molecule has 6 heteroatoms. The molecule has 6 nitrogen and oxygen atoms in total. The number of aromatic nitrogens is 2. The Labute approximate surface area is 158 Å². The first-order valence-electron chi connectivity index (χ1n) is 9.22. The fourth-order valence-corrected chi connectivity index (χ4v) is 3.36. The first kappa shape index (κ1) is 17.3. The Morgan fingerprint density at radius 2 is 1.96 bits per heavy atom. The summed E-state index contributed by atoms with van der Waals surface area (Å²) in [6.45, 7) is 4.13. The molecule has 2 heterocycles. The fourth-order valence-electron chi connectivity index (χ4n) is 3.36. The number of amides is 1. The number of hydrogen-bond donors (Lipinski definition) is 1. The molecule has 3 aromatic rings. The van der Waals surface area contributed by atoms with Gasteiger partial charge in [-0.1, -0.05) is 35.5 Å². The number of nitrogens with one attached hydrogen (secondary N) is 1. The second kappa shape index (κ2) is 7.61. The van der Waals surface area contributed by atoms with Crippen molar-refractivity contribution in [2.24, 2.45) is 0 Å². The first-order valence-corrected chi connectivity index (χ1v) is 9.22. The third-order valence-corrected chi connectivity index (χ3v) is 4.77. The molecule has 0 unspecified atom stereocenters. The second-order valence-corrected chi connectivity index (χ2v) is 6.80. The van der Waals surface area contributed by atoms with Gasteiger partial charge in [0.15, 0.2) is 0 Å². The van der Waals surface area contributed by atoms with Crippen LogP contribution in [0.2, 0.25) is 0 Å². The quantitative estimate of drug-likeness (QED) is 0.747. The summed E-state index contributed by atoms with van der Waals surface area (Å²) in [5.41, 5.74) is 3.90. The van der Waals surface area contributed by atoms with E-state index in [9.17, 15) is 4.79 Å². The third kappa shape index (κ3) is 4.00. The molecule has 0 aliphatic carbocycles. The largest absolute Gasteiger partial charge is 0.371 e. The monoisotopic (exact) mass is 362 g/mol. The maximum atomic E-state index is 12.4. The van der Waals surface area contributed by atoms with Crippen LogP contribution in [0.4, 0.5) is 11.4 Å². The van der Waals surface area contributed by atoms with Gasteiger partial charge in [-0.15, -0.1) is 0 Å². The molecule has 1 aromatic heterocycles. The average Bonchev–Trinajstić information content (AvgIpc) is 3.34. The Bertz CT molecular complexity index is 945. The zero-order valence-electron chi connectivity index (χ0n) is 15.3. The van der Waals surface area contributed by atoms with Crippen LogP contribution in [-0.2, 0) is 11.2 Å². The zero-order valence-corrected chi connectivity index (χ0v) is 15.3. The van der Waals surface area contributed by atoms with Crippen molar-refractivity contribution in [3.8, 4) is 11.4 Å². The lowest BCUT2D eigenvalue weighted by Crippen LogP contribution is -2.18. The van der Waals surface area contributed by atoms with Crippen molar-refractivity contribution in [2.45, 2.75) is 26.2 Å². The Morgan fingerprint density at radius 3 is 2.78 bits per heavy atom. The summed E-state index contributed by atoms with van der Waals surface area (Å²) in [4.78, 5) is 19.1. The highest BCUT2D eigenvalue weighted by Gasteiger charge is 2.15. The second-order valence-electron chi connectivity index (χ2n) is 6.80. The minimum atomic E-state index is -0.173. The lowest BCUT2D eigenvalue weighted by atomic mass is 10.1. The van der Waals surface area contributed by atoms with Gasteiger partial charge in [0, 0.05) is 30.0 Å². The molecule has 4 rings (SSSR count). The van der Waals surface area contributed by atoms with Gasteiger partial charge in [0.2, 0.25) is 17.6 Å². The predicted octanol–water partition coefficient (Wildman–Crippen LogP) is 3.83. The SMILES string of the molecule is Cc1ccccc1-c1noc(CC(=O)Nc2cccc(N3CCCC3)c2)n1. The highest BCUT2D eigenvalue weighted by molar-refractivity contribution is 5.92. The van der Waals surface area contributed by atoms with E-state index in [4.69, 9.17) is 4.52 Å². The standard InChI is InChI=1S/C21H22N4O2/c1-15-7-2-3-10-18(15)21-23-20(27-24-21)14-19(26)22-16-8-6-9-17(13-16)25-11-4-5-12-25/h2-3,6-10,13H,4-5,11-12,14H2,1H3,(H,22,26). The summed E-state index contributed by atoms with van der Waals surface area (Å²) in [7, 11) is 0. The van der Waals surface area contributed by atoms with Crippen LogP contribution in [0, 0.1) is 6.92 Å². The molecule has 1 aliphatic rings. The Morgan fingerprint density at radius 1 is 1.15 bits per heavy atom. The number of carbonyl (C=O) groups is 1. The van der Waals surface area contributed by atoms with Crippen LogP contribution in [0.1, 0.15) is 24.3 Å². The summed E-state index contributed by atoms with van der Waals surface area (Å²) in [6, 6.07) is 15.8. The van der Waals surface area contributed by atoms with Crippen molar-refractivity contribution < 1.29 is 9.32 Å². The van der Waals surface area contributed by atoms with Gasteiger partial charge in [0.25, 0.3) is 0 Å². The molecule has 0 radical (unpaired) electrons. The van der Waals surface area contributed by atoms with Crippen LogP contribution in [-0.4, -0.2) is 29.1 Å². The molecule has 1 fully saturated rings. The van der Waals surface area contributed by atoms with Gasteiger partial charge in [-0.05, 0) is 43.5 Å². The molecule has 0 saturated carbocycles. The highest BCUT2D eigenvalue weighted by atomic mass is 16.5. The summed E-state index contributed by atoms with van der Waals surface area (Å²) >= 11 is 0. The van der Waals surface area contributed by atoms with Crippen molar-refractivity contribution in [3.63, 3.8) is 0 Å². The molecule has 2 aromatic carbocycles. The number of hydrogen-bond acceptors (Lipinski definition) is 5. The van der Waals surface area contributed by atoms with Gasteiger partial charge < -0.3 is 14.7 Å². The Kier molecular flexibility index (Phi) is 4.87. The van der Waals surface area contributed by atoms with Gasteiger partial charge in [0.1, 0.15) is 6.42 Å². The van der Waals surface area contributed by atoms with E-state index in [1.807, 2.05) is 49.4 Å². The van der Waals surface area contributed by atoms with Crippen LogP contribution in [0.15, 0.2) is 53.1 Å². The van der Waals surface area contributed by atoms with E-state index in [-0.39, 0.29) is 12.3 Å². The highest BCUT2D eigenvalue weighted by Crippen LogP contribution is 2.24. The van der Waals surface area contributed by atoms with Crippen LogP contribution in [0.5, 0.6) is 0 Å². The van der Waals surface area contributed by atoms with Crippen LogP contribution in [0.25, 0.3) is 11.4 Å². The number of anilines is 2. The lowest BCUT2D eigenvalue weighted by molar-refractivity contribution is -0.115. The van der Waals surface area contributed by atoms with E-state index in [2.05, 4.69) is 26.4 Å². The summed E-state index contributed by atoms with van der Waals surface area (Å²) in [5.74, 6) is 0.641. The molecular formula is C21H22N4O2. The minimum Gasteiger partial charge on any atom is -0.371 e. The van der Waals surface area contributed by atoms with Crippen molar-refractivity contribution in [1.82, 2.24) is 10.1 Å². The molecule has 1 aliphatic heterocycles. The molecule has 0 bridgehead atoms. The van der Waals surface area contributed by atoms with Crippen molar-refractivity contribution in [2.75, 3.05) is 23.3 Å². The van der Waals surface area contributed by atoms with Crippen molar-refractivity contribution in [1.29, 1.82) is 0 Å². The molecule has 0 atom stereocenters. The Hall–Kier alpha value is -3.15. The number of nitrogens with zero attached hydrogens (tertiary/aromatic N) is 3. The van der Waals surface area contributed by atoms with E-state index in [1.165, 1.54) is 12.8 Å². The molecule has 1 N–H and O–H groups in total. The maximum absolute atomic E-state index is 12.4. The van der Waals surface area contributed by atoms with E-state index in [0.717, 1.165) is 35.6 Å². The number of aryl methyl sites for hydroxylation is 1. The van der Waals surface area contributed by atoms with Gasteiger partial charge in [-0.3, -0.25) is 4.79 Å². The van der Waals surface area contributed by atoms with E-state index in [1.54, 1.807) is 0 Å². The first-order chi connectivity index (χ1) is 13.2. The minimum absolute atomic E-state index is 0.0484. The van der Waals surface area contributed by atoms with Gasteiger partial charge >= 0.3 is 0 Å². The van der Waals surface area contributed by atoms with Crippen molar-refractivity contribution >= 4 is 17.3 Å². The van der Waals surface area contributed by atoms with Gasteiger partial charge in [-0.25, -0.2) is 0 Å². The summed E-state index contributed by atoms with van der Waals surface area (Å²) in [6.07, 6.45) is 2.49. The van der Waals surface area contributed by atoms with Gasteiger partial charge in [-0.2, -0.15) is 4.98 Å². The summed E-state index contributed by atoms with van der Waals surface area (Å²) in [5, 5.41) is 6.92. The predicted molar refractivity (Wildman–Crippen MR) is 105 cm³/mol. The van der Waals surface area contributed by atoms with E-state index >= 15 is 0 Å². The zero-order chi connectivity index (χ0) is 18.6. The van der Waals surface area contributed by atoms with Crippen molar-refractivity contribution in [3.05, 3.63) is 60.0 Å². The molecule has 1 amide bonds. The van der Waals surface area contributed by atoms with E-state index < -0.39 is 0 Å². The van der Waals surface area contributed by atoms with Gasteiger partial charge in [0.05, 0.1) is 0 Å². The number of benzene rings is 2. The normalized spacial score (nSPS) is 13.7. The Balaban J connectivity index is 1.41. The topological polar surface area (TPSA) is 71.3 Å². The summed E-state index contributed by atoms with van der Waals surface area (Å²) < 4.78 is 5.26. The third-order valence-electron chi connectivity index (χ3n) is 4.77. The molecule has 0 spiro atoms. The van der Waals surface area contributed by atoms with Crippen LogP contribution >= 0.6 is 0 Å². The molecule has 27 heavy (non-hydrogen) atoms. The fraction of sp³-hybridized carbons (Fsp3) is 0.286. The van der Waals surface area contributed by atoms with E-state index in [0.29, 0.717) is 11.7 Å². The average molecular weight is 362 g/mol. The smallest absolute Gasteiger partial charge is 0.236 e. The van der Waals surface area contributed by atoms with Crippen LogP contribution < -0.4 is 10.2 Å². The molecular weight excluding hydrogens is 340 g/mol. The lowest BCUT2D eigenvalue weighted by Gasteiger charge is -2.18. The van der Waals surface area contributed by atoms with Crippen LogP contribution in [0.3, 0.4) is 0 Å². The molecule has 138 valence electrons. The maximum Gasteiger partial charge on any atom is 0.236 e.